The molecule has 0 aliphatic rings. The van der Waals surface area contributed by atoms with Crippen LogP contribution < -0.4 is 16.0 Å². The highest BCUT2D eigenvalue weighted by Crippen LogP contribution is 2.23. The zero-order valence-corrected chi connectivity index (χ0v) is 12.4. The number of anilines is 4. The first kappa shape index (κ1) is 15.0. The first-order valence-corrected chi connectivity index (χ1v) is 6.83. The molecule has 112 valence electrons. The minimum Gasteiger partial charge on any atom is -0.368 e. The molecule has 6 nitrogen and oxygen atoms in total. The summed E-state index contributed by atoms with van der Waals surface area (Å²) in [6.45, 7) is 7.30. The fourth-order valence-electron chi connectivity index (χ4n) is 1.99. The zero-order valence-electron chi connectivity index (χ0n) is 12.4. The number of hydrogen-bond acceptors (Lipinski definition) is 6. The van der Waals surface area contributed by atoms with E-state index < -0.39 is 0 Å². The first-order valence-electron chi connectivity index (χ1n) is 6.83. The highest BCUT2D eigenvalue weighted by atomic mass is 19.1. The van der Waals surface area contributed by atoms with Crippen LogP contribution in [0.1, 0.15) is 19.4 Å². The number of nitrogens with zero attached hydrogens (tertiary/aromatic N) is 4. The van der Waals surface area contributed by atoms with Crippen LogP contribution in [0.2, 0.25) is 0 Å². The maximum atomic E-state index is 13.9. The topological polar surface area (TPSA) is 80.0 Å². The van der Waals surface area contributed by atoms with Crippen molar-refractivity contribution in [1.29, 1.82) is 0 Å². The van der Waals surface area contributed by atoms with Gasteiger partial charge in [-0.05, 0) is 32.4 Å². The van der Waals surface area contributed by atoms with Gasteiger partial charge in [-0.15, -0.1) is 0 Å². The summed E-state index contributed by atoms with van der Waals surface area (Å²) in [6, 6.07) is 4.84. The molecule has 7 heteroatoms. The van der Waals surface area contributed by atoms with Crippen LogP contribution in [0.3, 0.4) is 0 Å². The van der Waals surface area contributed by atoms with Crippen molar-refractivity contribution in [3.8, 4) is 0 Å². The number of nitrogen functional groups attached to an aromatic ring is 1. The van der Waals surface area contributed by atoms with Gasteiger partial charge in [0.25, 0.3) is 0 Å². The molecule has 0 radical (unpaired) electrons. The minimum absolute atomic E-state index is 0.100. The Labute approximate surface area is 123 Å². The molecule has 2 rings (SSSR count). The molecule has 3 N–H and O–H groups in total. The van der Waals surface area contributed by atoms with Gasteiger partial charge in [0, 0.05) is 13.1 Å². The Bertz CT molecular complexity index is 607. The lowest BCUT2D eigenvalue weighted by Crippen LogP contribution is -2.25. The molecule has 1 heterocycles. The summed E-state index contributed by atoms with van der Waals surface area (Å²) in [5, 5.41) is 2.88. The van der Waals surface area contributed by atoms with Gasteiger partial charge in [0.15, 0.2) is 0 Å². The van der Waals surface area contributed by atoms with Gasteiger partial charge in [0.2, 0.25) is 17.8 Å². The number of rotatable bonds is 5. The number of hydrogen-bond donors (Lipinski definition) is 2. The maximum Gasteiger partial charge on any atom is 0.233 e. The van der Waals surface area contributed by atoms with E-state index in [2.05, 4.69) is 20.3 Å². The van der Waals surface area contributed by atoms with Crippen LogP contribution in [0, 0.1) is 12.7 Å². The molecular weight excluding hydrogens is 271 g/mol. The summed E-state index contributed by atoms with van der Waals surface area (Å²) in [5.41, 5.74) is 6.82. The lowest BCUT2D eigenvalue weighted by molar-refractivity contribution is 0.630. The molecule has 0 amide bonds. The number of para-hydroxylation sites is 1. The summed E-state index contributed by atoms with van der Waals surface area (Å²) in [5.74, 6) is 0.448. The van der Waals surface area contributed by atoms with Crippen molar-refractivity contribution in [1.82, 2.24) is 15.0 Å². The van der Waals surface area contributed by atoms with Crippen molar-refractivity contribution in [2.45, 2.75) is 20.8 Å². The average molecular weight is 290 g/mol. The highest BCUT2D eigenvalue weighted by Gasteiger charge is 2.12. The van der Waals surface area contributed by atoms with Crippen LogP contribution in [-0.4, -0.2) is 28.0 Å². The molecule has 2 aromatic rings. The molecule has 0 saturated heterocycles. The van der Waals surface area contributed by atoms with E-state index in [0.29, 0.717) is 11.6 Å². The minimum atomic E-state index is -0.363. The molecular formula is C14H19FN6. The lowest BCUT2D eigenvalue weighted by atomic mass is 10.2. The van der Waals surface area contributed by atoms with Gasteiger partial charge < -0.3 is 16.0 Å². The summed E-state index contributed by atoms with van der Waals surface area (Å²) >= 11 is 0. The van der Waals surface area contributed by atoms with Crippen molar-refractivity contribution in [3.05, 3.63) is 29.6 Å². The molecule has 0 bridgehead atoms. The molecule has 0 saturated carbocycles. The standard InChI is InChI=1S/C14H19FN6/c1-4-21(5-2)14-19-12(16)18-13(20-14)17-11-9(3)7-6-8-10(11)15/h6-8H,4-5H2,1-3H3,(H3,16,17,18,19,20). The predicted octanol–water partition coefficient (Wildman–Crippen LogP) is 2.49. The molecule has 1 aromatic heterocycles. The van der Waals surface area contributed by atoms with Crippen LogP contribution in [0.4, 0.5) is 27.9 Å². The summed E-state index contributed by atoms with van der Waals surface area (Å²) in [7, 11) is 0. The SMILES string of the molecule is CCN(CC)c1nc(N)nc(Nc2c(C)cccc2F)n1. The third-order valence-corrected chi connectivity index (χ3v) is 3.15. The molecule has 0 unspecified atom stereocenters. The van der Waals surface area contributed by atoms with Gasteiger partial charge in [-0.1, -0.05) is 12.1 Å². The number of nitrogens with two attached hydrogens (primary N) is 1. The molecule has 0 atom stereocenters. The van der Waals surface area contributed by atoms with E-state index in [1.165, 1.54) is 6.07 Å². The van der Waals surface area contributed by atoms with Crippen molar-refractivity contribution >= 4 is 23.5 Å². The fourth-order valence-corrected chi connectivity index (χ4v) is 1.99. The number of benzene rings is 1. The van der Waals surface area contributed by atoms with Gasteiger partial charge in [-0.2, -0.15) is 15.0 Å². The smallest absolute Gasteiger partial charge is 0.233 e. The van der Waals surface area contributed by atoms with Crippen molar-refractivity contribution < 1.29 is 4.39 Å². The fraction of sp³-hybridized carbons (Fsp3) is 0.357. The Morgan fingerprint density at radius 2 is 1.90 bits per heavy atom. The number of aromatic nitrogens is 3. The average Bonchev–Trinajstić information content (AvgIpc) is 2.44. The van der Waals surface area contributed by atoms with Crippen LogP contribution in [0.5, 0.6) is 0 Å². The van der Waals surface area contributed by atoms with Crippen LogP contribution in [0.15, 0.2) is 18.2 Å². The Morgan fingerprint density at radius 3 is 2.52 bits per heavy atom. The molecule has 1 aromatic carbocycles. The van der Waals surface area contributed by atoms with Crippen LogP contribution in [-0.2, 0) is 0 Å². The molecule has 0 spiro atoms. The Kier molecular flexibility index (Phi) is 4.52. The van der Waals surface area contributed by atoms with E-state index in [-0.39, 0.29) is 17.7 Å². The monoisotopic (exact) mass is 290 g/mol. The van der Waals surface area contributed by atoms with E-state index in [1.54, 1.807) is 19.1 Å². The normalized spacial score (nSPS) is 10.5. The Morgan fingerprint density at radius 1 is 1.19 bits per heavy atom. The third kappa shape index (κ3) is 3.36. The molecule has 0 fully saturated rings. The third-order valence-electron chi connectivity index (χ3n) is 3.15. The second-order valence-corrected chi connectivity index (χ2v) is 4.55. The van der Waals surface area contributed by atoms with E-state index >= 15 is 0 Å². The number of halogens is 1. The second-order valence-electron chi connectivity index (χ2n) is 4.55. The van der Waals surface area contributed by atoms with E-state index in [0.717, 1.165) is 18.7 Å². The lowest BCUT2D eigenvalue weighted by Gasteiger charge is -2.19. The second kappa shape index (κ2) is 6.34. The first-order chi connectivity index (χ1) is 10.0. The van der Waals surface area contributed by atoms with E-state index in [4.69, 9.17) is 5.73 Å². The van der Waals surface area contributed by atoms with Crippen molar-refractivity contribution in [2.24, 2.45) is 0 Å². The number of aryl methyl sites for hydroxylation is 1. The molecule has 0 aliphatic carbocycles. The van der Waals surface area contributed by atoms with Gasteiger partial charge in [0.05, 0.1) is 5.69 Å². The van der Waals surface area contributed by atoms with Crippen molar-refractivity contribution in [3.63, 3.8) is 0 Å². The Hall–Kier alpha value is -2.44. The summed E-state index contributed by atoms with van der Waals surface area (Å²) < 4.78 is 13.9. The zero-order chi connectivity index (χ0) is 15.4. The van der Waals surface area contributed by atoms with E-state index in [9.17, 15) is 4.39 Å². The van der Waals surface area contributed by atoms with Gasteiger partial charge in [-0.3, -0.25) is 0 Å². The van der Waals surface area contributed by atoms with E-state index in [1.807, 2.05) is 18.7 Å². The number of nitrogens with one attached hydrogen (secondary N) is 1. The predicted molar refractivity (Wildman–Crippen MR) is 82.2 cm³/mol. The largest absolute Gasteiger partial charge is 0.368 e. The quantitative estimate of drug-likeness (QED) is 0.880. The summed E-state index contributed by atoms with van der Waals surface area (Å²) in [4.78, 5) is 14.4. The maximum absolute atomic E-state index is 13.9. The molecule has 0 aliphatic heterocycles. The van der Waals surface area contributed by atoms with Gasteiger partial charge in [-0.25, -0.2) is 4.39 Å². The molecule has 21 heavy (non-hydrogen) atoms. The Balaban J connectivity index is 2.36. The van der Waals surface area contributed by atoms with Crippen LogP contribution >= 0.6 is 0 Å². The summed E-state index contributed by atoms with van der Waals surface area (Å²) in [6.07, 6.45) is 0. The van der Waals surface area contributed by atoms with Gasteiger partial charge in [0.1, 0.15) is 5.82 Å². The van der Waals surface area contributed by atoms with Crippen LogP contribution in [0.25, 0.3) is 0 Å². The van der Waals surface area contributed by atoms with Crippen molar-refractivity contribution in [2.75, 3.05) is 29.0 Å². The highest BCUT2D eigenvalue weighted by molar-refractivity contribution is 5.60. The van der Waals surface area contributed by atoms with Gasteiger partial charge >= 0.3 is 0 Å².